The maximum atomic E-state index is 2.48. The molecule has 112 valence electrons. The van der Waals surface area contributed by atoms with E-state index >= 15 is 0 Å². The number of benzene rings is 2. The number of hydrogen-bond acceptors (Lipinski definition) is 1. The molecule has 0 aliphatic rings. The van der Waals surface area contributed by atoms with Crippen LogP contribution in [0.3, 0.4) is 0 Å². The highest BCUT2D eigenvalue weighted by atomic mass is 28.3. The fourth-order valence-electron chi connectivity index (χ4n) is 2.49. The molecule has 0 saturated carbocycles. The minimum absolute atomic E-state index is 1.02. The highest BCUT2D eigenvalue weighted by Gasteiger charge is 2.15. The Morgan fingerprint density at radius 3 is 1.76 bits per heavy atom. The molecule has 2 heteroatoms. The van der Waals surface area contributed by atoms with Crippen molar-refractivity contribution < 1.29 is 0 Å². The molecular weight excluding hydrogens is 270 g/mol. The maximum absolute atomic E-state index is 2.48. The number of nitrogens with zero attached hydrogens (tertiary/aromatic N) is 1. The van der Waals surface area contributed by atoms with Gasteiger partial charge in [-0.3, -0.25) is 4.90 Å². The van der Waals surface area contributed by atoms with Crippen molar-refractivity contribution in [3.63, 3.8) is 0 Å². The van der Waals surface area contributed by atoms with Crippen LogP contribution in [0.1, 0.15) is 18.1 Å². The lowest BCUT2D eigenvalue weighted by Gasteiger charge is -2.22. The van der Waals surface area contributed by atoms with Crippen LogP contribution in [0.4, 0.5) is 0 Å². The van der Waals surface area contributed by atoms with Crippen LogP contribution in [0.2, 0.25) is 19.6 Å². The maximum Gasteiger partial charge on any atom is 0.0775 e. The van der Waals surface area contributed by atoms with E-state index in [1.54, 1.807) is 0 Å². The molecule has 2 rings (SSSR count). The Morgan fingerprint density at radius 1 is 0.762 bits per heavy atom. The van der Waals surface area contributed by atoms with Crippen molar-refractivity contribution in [2.24, 2.45) is 0 Å². The molecule has 0 aromatic heterocycles. The van der Waals surface area contributed by atoms with E-state index in [-0.39, 0.29) is 0 Å². The van der Waals surface area contributed by atoms with E-state index in [9.17, 15) is 0 Å². The molecule has 0 heterocycles. The fraction of sp³-hybridized carbons (Fsp3) is 0.368. The molecule has 0 N–H and O–H groups in total. The lowest BCUT2D eigenvalue weighted by molar-refractivity contribution is 0.271. The quantitative estimate of drug-likeness (QED) is 0.720. The summed E-state index contributed by atoms with van der Waals surface area (Å²) in [5.41, 5.74) is 2.80. The van der Waals surface area contributed by atoms with Gasteiger partial charge in [-0.05, 0) is 17.7 Å². The van der Waals surface area contributed by atoms with Crippen LogP contribution in [0.25, 0.3) is 0 Å². The monoisotopic (exact) mass is 297 g/mol. The van der Waals surface area contributed by atoms with Crippen molar-refractivity contribution in [1.29, 1.82) is 0 Å². The summed E-state index contributed by atoms with van der Waals surface area (Å²) in [4.78, 5) is 2.48. The van der Waals surface area contributed by atoms with Crippen molar-refractivity contribution in [2.45, 2.75) is 39.7 Å². The average molecular weight is 298 g/mol. The second-order valence-electron chi connectivity index (χ2n) is 6.74. The Hall–Kier alpha value is -1.38. The molecule has 2 aromatic rings. The van der Waals surface area contributed by atoms with E-state index in [4.69, 9.17) is 0 Å². The van der Waals surface area contributed by atoms with Crippen molar-refractivity contribution in [3.8, 4) is 0 Å². The van der Waals surface area contributed by atoms with Gasteiger partial charge in [-0.2, -0.15) is 0 Å². The van der Waals surface area contributed by atoms with E-state index in [0.29, 0.717) is 0 Å². The molecule has 0 radical (unpaired) electrons. The molecule has 0 amide bonds. The smallest absolute Gasteiger partial charge is 0.0775 e. The fourth-order valence-corrected chi connectivity index (χ4v) is 3.66. The first-order valence-electron chi connectivity index (χ1n) is 7.84. The SMILES string of the molecule is CCN(Cc1ccccc1)Cc1ccc([Si](C)(C)C)cc1. The minimum atomic E-state index is -1.18. The van der Waals surface area contributed by atoms with Crippen molar-refractivity contribution in [1.82, 2.24) is 4.90 Å². The third kappa shape index (κ3) is 4.83. The summed E-state index contributed by atoms with van der Waals surface area (Å²) in [6, 6.07) is 20.0. The molecule has 1 nitrogen and oxygen atoms in total. The molecule has 0 unspecified atom stereocenters. The highest BCUT2D eigenvalue weighted by molar-refractivity contribution is 6.88. The normalized spacial score (nSPS) is 11.9. The lowest BCUT2D eigenvalue weighted by atomic mass is 10.1. The van der Waals surface area contributed by atoms with Crippen LogP contribution in [0, 0.1) is 0 Å². The predicted octanol–water partition coefficient (Wildman–Crippen LogP) is 4.25. The van der Waals surface area contributed by atoms with Gasteiger partial charge in [0.15, 0.2) is 0 Å². The summed E-state index contributed by atoms with van der Waals surface area (Å²) in [6.45, 7) is 12.6. The average Bonchev–Trinajstić information content (AvgIpc) is 2.47. The van der Waals surface area contributed by atoms with Gasteiger partial charge in [-0.25, -0.2) is 0 Å². The Balaban J connectivity index is 2.02. The first-order chi connectivity index (χ1) is 9.99. The van der Waals surface area contributed by atoms with E-state index in [1.165, 1.54) is 16.3 Å². The van der Waals surface area contributed by atoms with Crippen LogP contribution >= 0.6 is 0 Å². The Labute approximate surface area is 130 Å². The molecule has 0 saturated heterocycles. The molecule has 21 heavy (non-hydrogen) atoms. The largest absolute Gasteiger partial charge is 0.295 e. The van der Waals surface area contributed by atoms with Crippen LogP contribution in [0.15, 0.2) is 54.6 Å². The molecular formula is C19H27NSi. The zero-order valence-electron chi connectivity index (χ0n) is 13.8. The highest BCUT2D eigenvalue weighted by Crippen LogP contribution is 2.10. The third-order valence-electron chi connectivity index (χ3n) is 3.92. The summed E-state index contributed by atoms with van der Waals surface area (Å²) < 4.78 is 0. The van der Waals surface area contributed by atoms with E-state index in [0.717, 1.165) is 19.6 Å². The van der Waals surface area contributed by atoms with Crippen molar-refractivity contribution in [3.05, 3.63) is 65.7 Å². The first kappa shape index (κ1) is 16.0. The van der Waals surface area contributed by atoms with Crippen molar-refractivity contribution >= 4 is 13.3 Å². The topological polar surface area (TPSA) is 3.24 Å². The first-order valence-corrected chi connectivity index (χ1v) is 11.3. The van der Waals surface area contributed by atoms with Gasteiger partial charge in [0, 0.05) is 13.1 Å². The lowest BCUT2D eigenvalue weighted by Crippen LogP contribution is -2.37. The van der Waals surface area contributed by atoms with Gasteiger partial charge in [-0.1, -0.05) is 86.3 Å². The third-order valence-corrected chi connectivity index (χ3v) is 5.99. The summed E-state index contributed by atoms with van der Waals surface area (Å²) in [6.07, 6.45) is 0. The molecule has 0 aliphatic carbocycles. The number of rotatable bonds is 6. The van der Waals surface area contributed by atoms with Gasteiger partial charge in [0.1, 0.15) is 0 Å². The van der Waals surface area contributed by atoms with Crippen LogP contribution in [-0.4, -0.2) is 19.5 Å². The second kappa shape index (κ2) is 7.06. The Bertz CT molecular complexity index is 540. The van der Waals surface area contributed by atoms with Gasteiger partial charge >= 0.3 is 0 Å². The van der Waals surface area contributed by atoms with Crippen molar-refractivity contribution in [2.75, 3.05) is 6.54 Å². The summed E-state index contributed by atoms with van der Waals surface area (Å²) in [5, 5.41) is 1.54. The van der Waals surface area contributed by atoms with Crippen LogP contribution < -0.4 is 5.19 Å². The standard InChI is InChI=1S/C19H27NSi/c1-5-20(15-17-9-7-6-8-10-17)16-18-11-13-19(14-12-18)21(2,3)4/h6-14H,5,15-16H2,1-4H3. The zero-order valence-corrected chi connectivity index (χ0v) is 14.8. The zero-order chi connectivity index (χ0) is 15.3. The predicted molar refractivity (Wildman–Crippen MR) is 95.7 cm³/mol. The second-order valence-corrected chi connectivity index (χ2v) is 11.8. The van der Waals surface area contributed by atoms with Crippen LogP contribution in [-0.2, 0) is 13.1 Å². The Kier molecular flexibility index (Phi) is 5.37. The van der Waals surface area contributed by atoms with Gasteiger partial charge in [0.25, 0.3) is 0 Å². The number of hydrogen-bond donors (Lipinski definition) is 0. The molecule has 0 atom stereocenters. The molecule has 0 aliphatic heterocycles. The van der Waals surface area contributed by atoms with Gasteiger partial charge in [0.2, 0.25) is 0 Å². The molecule has 2 aromatic carbocycles. The van der Waals surface area contributed by atoms with Gasteiger partial charge < -0.3 is 0 Å². The van der Waals surface area contributed by atoms with Crippen LogP contribution in [0.5, 0.6) is 0 Å². The van der Waals surface area contributed by atoms with E-state index in [2.05, 4.69) is 86.1 Å². The van der Waals surface area contributed by atoms with Gasteiger partial charge in [0.05, 0.1) is 8.07 Å². The van der Waals surface area contributed by atoms with E-state index < -0.39 is 8.07 Å². The molecule has 0 bridgehead atoms. The summed E-state index contributed by atoms with van der Waals surface area (Å²) >= 11 is 0. The Morgan fingerprint density at radius 2 is 1.29 bits per heavy atom. The summed E-state index contributed by atoms with van der Waals surface area (Å²) in [7, 11) is -1.18. The molecule has 0 fully saturated rings. The molecule has 0 spiro atoms. The van der Waals surface area contributed by atoms with Gasteiger partial charge in [-0.15, -0.1) is 0 Å². The van der Waals surface area contributed by atoms with E-state index in [1.807, 2.05) is 0 Å². The summed E-state index contributed by atoms with van der Waals surface area (Å²) in [5.74, 6) is 0. The minimum Gasteiger partial charge on any atom is -0.295 e.